The summed E-state index contributed by atoms with van der Waals surface area (Å²) in [6.07, 6.45) is 2.14. The maximum absolute atomic E-state index is 2.45. The summed E-state index contributed by atoms with van der Waals surface area (Å²) in [7, 11) is 0. The molecule has 0 saturated heterocycles. The van der Waals surface area contributed by atoms with Crippen molar-refractivity contribution in [3.05, 3.63) is 68.8 Å². The van der Waals surface area contributed by atoms with E-state index in [-0.39, 0.29) is 32.5 Å². The summed E-state index contributed by atoms with van der Waals surface area (Å²) in [5.41, 5.74) is 12.9. The standard InChI is InChI=1S/C38H62/c1-33(2,3)27-21-23-29(35(7,8)9)31(37(13,14)15)25(27)19-20-26-28(34(4,5)6)22-24-30(36(10,11)12)32(26)38(16,17)18/h21-24H,19-20H2,1-18H3. The second kappa shape index (κ2) is 10.1. The largest absolute Gasteiger partial charge is 0.0579 e. The van der Waals surface area contributed by atoms with E-state index in [9.17, 15) is 0 Å². The van der Waals surface area contributed by atoms with Crippen LogP contribution in [0.2, 0.25) is 0 Å². The lowest BCUT2D eigenvalue weighted by Gasteiger charge is -2.38. The highest BCUT2D eigenvalue weighted by molar-refractivity contribution is 5.53. The third kappa shape index (κ3) is 7.14. The maximum Gasteiger partial charge on any atom is -0.0126 e. The van der Waals surface area contributed by atoms with Crippen molar-refractivity contribution in [3.63, 3.8) is 0 Å². The van der Waals surface area contributed by atoms with E-state index < -0.39 is 0 Å². The predicted molar refractivity (Wildman–Crippen MR) is 172 cm³/mol. The van der Waals surface area contributed by atoms with Gasteiger partial charge in [-0.25, -0.2) is 0 Å². The molecule has 2 aromatic rings. The Morgan fingerprint density at radius 3 is 0.711 bits per heavy atom. The zero-order chi connectivity index (χ0) is 29.9. The van der Waals surface area contributed by atoms with Crippen LogP contribution in [-0.2, 0) is 45.3 Å². The van der Waals surface area contributed by atoms with Gasteiger partial charge in [0.05, 0.1) is 0 Å². The second-order valence-electron chi connectivity index (χ2n) is 18.0. The average Bonchev–Trinajstić information content (AvgIpc) is 2.66. The zero-order valence-corrected chi connectivity index (χ0v) is 28.7. The smallest absolute Gasteiger partial charge is 0.0126 e. The van der Waals surface area contributed by atoms with Gasteiger partial charge in [0.15, 0.2) is 0 Å². The van der Waals surface area contributed by atoms with Crippen LogP contribution in [-0.4, -0.2) is 0 Å². The third-order valence-corrected chi connectivity index (χ3v) is 7.98. The molecule has 0 amide bonds. The number of hydrogen-bond acceptors (Lipinski definition) is 0. The van der Waals surface area contributed by atoms with Crippen LogP contribution in [0.4, 0.5) is 0 Å². The van der Waals surface area contributed by atoms with E-state index in [1.54, 1.807) is 22.3 Å². The molecule has 0 radical (unpaired) electrons. The van der Waals surface area contributed by atoms with Crippen molar-refractivity contribution in [3.8, 4) is 0 Å². The van der Waals surface area contributed by atoms with Gasteiger partial charge in [0.25, 0.3) is 0 Å². The average molecular weight is 519 g/mol. The van der Waals surface area contributed by atoms with E-state index in [4.69, 9.17) is 0 Å². The molecule has 0 N–H and O–H groups in total. The minimum Gasteiger partial charge on any atom is -0.0579 e. The van der Waals surface area contributed by atoms with Crippen molar-refractivity contribution in [1.82, 2.24) is 0 Å². The minimum atomic E-state index is 0.0756. The van der Waals surface area contributed by atoms with Gasteiger partial charge in [0.2, 0.25) is 0 Å². The molecule has 0 nitrogen and oxygen atoms in total. The molecule has 0 spiro atoms. The maximum atomic E-state index is 2.45. The minimum absolute atomic E-state index is 0.0756. The molecule has 2 rings (SSSR count). The Labute approximate surface area is 238 Å². The molecule has 214 valence electrons. The van der Waals surface area contributed by atoms with Crippen molar-refractivity contribution in [2.24, 2.45) is 0 Å². The first-order chi connectivity index (χ1) is 16.7. The molecular formula is C38H62. The topological polar surface area (TPSA) is 0 Å². The lowest BCUT2D eigenvalue weighted by Crippen LogP contribution is -2.29. The van der Waals surface area contributed by atoms with Gasteiger partial charge in [-0.05, 0) is 89.8 Å². The fourth-order valence-electron chi connectivity index (χ4n) is 6.43. The fourth-order valence-corrected chi connectivity index (χ4v) is 6.43. The van der Waals surface area contributed by atoms with E-state index in [2.05, 4.69) is 149 Å². The predicted octanol–water partition coefficient (Wildman–Crippen LogP) is 11.3. The summed E-state index contributed by atoms with van der Waals surface area (Å²) in [6, 6.07) is 9.77. The highest BCUT2D eigenvalue weighted by atomic mass is 14.4. The Morgan fingerprint density at radius 1 is 0.316 bits per heavy atom. The highest BCUT2D eigenvalue weighted by Crippen LogP contribution is 2.44. The first-order valence-corrected chi connectivity index (χ1v) is 15.0. The molecular weight excluding hydrogens is 456 g/mol. The van der Waals surface area contributed by atoms with Crippen LogP contribution in [0.15, 0.2) is 24.3 Å². The first-order valence-electron chi connectivity index (χ1n) is 15.0. The molecule has 0 unspecified atom stereocenters. The van der Waals surface area contributed by atoms with Crippen molar-refractivity contribution < 1.29 is 0 Å². The number of hydrogen-bond donors (Lipinski definition) is 0. The normalized spacial score (nSPS) is 14.3. The summed E-state index contributed by atoms with van der Waals surface area (Å²) in [4.78, 5) is 0. The molecule has 0 heteroatoms. The van der Waals surface area contributed by atoms with Crippen LogP contribution in [0.1, 0.15) is 169 Å². The van der Waals surface area contributed by atoms with E-state index in [0.29, 0.717) is 0 Å². The van der Waals surface area contributed by atoms with Gasteiger partial charge in [-0.1, -0.05) is 149 Å². The zero-order valence-electron chi connectivity index (χ0n) is 28.7. The summed E-state index contributed by atoms with van der Waals surface area (Å²) < 4.78 is 0. The molecule has 38 heavy (non-hydrogen) atoms. The van der Waals surface area contributed by atoms with Crippen molar-refractivity contribution in [2.75, 3.05) is 0 Å². The van der Waals surface area contributed by atoms with Crippen LogP contribution in [0.3, 0.4) is 0 Å². The Morgan fingerprint density at radius 2 is 0.526 bits per heavy atom. The molecule has 0 aliphatic carbocycles. The fraction of sp³-hybridized carbons (Fsp3) is 0.684. The van der Waals surface area contributed by atoms with E-state index in [1.807, 2.05) is 0 Å². The van der Waals surface area contributed by atoms with Crippen molar-refractivity contribution in [2.45, 2.75) is 170 Å². The molecule has 0 fully saturated rings. The summed E-state index contributed by atoms with van der Waals surface area (Å²) in [5, 5.41) is 0. The lowest BCUT2D eigenvalue weighted by atomic mass is 9.67. The van der Waals surface area contributed by atoms with E-state index in [0.717, 1.165) is 12.8 Å². The van der Waals surface area contributed by atoms with Crippen LogP contribution in [0, 0.1) is 0 Å². The third-order valence-electron chi connectivity index (χ3n) is 7.98. The molecule has 0 heterocycles. The summed E-state index contributed by atoms with van der Waals surface area (Å²) >= 11 is 0. The SMILES string of the molecule is CC(C)(C)c1ccc(C(C)(C)C)c(C(C)(C)C)c1CCc1c(C(C)(C)C)ccc(C(C)(C)C)c1C(C)(C)C. The number of benzene rings is 2. The molecule has 0 aliphatic rings. The Bertz CT molecular complexity index is 1030. The molecule has 0 aliphatic heterocycles. The first kappa shape index (κ1) is 32.7. The Hall–Kier alpha value is -1.56. The van der Waals surface area contributed by atoms with Crippen LogP contribution in [0.5, 0.6) is 0 Å². The highest BCUT2D eigenvalue weighted by Gasteiger charge is 2.34. The van der Waals surface area contributed by atoms with Gasteiger partial charge in [0.1, 0.15) is 0 Å². The molecule has 2 aromatic carbocycles. The Kier molecular flexibility index (Phi) is 8.70. The van der Waals surface area contributed by atoms with Crippen LogP contribution in [0.25, 0.3) is 0 Å². The van der Waals surface area contributed by atoms with Gasteiger partial charge in [-0.2, -0.15) is 0 Å². The van der Waals surface area contributed by atoms with Crippen molar-refractivity contribution >= 4 is 0 Å². The summed E-state index contributed by atoms with van der Waals surface area (Å²) in [5.74, 6) is 0. The van der Waals surface area contributed by atoms with Gasteiger partial charge >= 0.3 is 0 Å². The van der Waals surface area contributed by atoms with Gasteiger partial charge in [-0.3, -0.25) is 0 Å². The van der Waals surface area contributed by atoms with Crippen LogP contribution >= 0.6 is 0 Å². The van der Waals surface area contributed by atoms with Gasteiger partial charge in [-0.15, -0.1) is 0 Å². The van der Waals surface area contributed by atoms with E-state index >= 15 is 0 Å². The molecule has 0 atom stereocenters. The summed E-state index contributed by atoms with van der Waals surface area (Å²) in [6.45, 7) is 43.0. The second-order valence-corrected chi connectivity index (χ2v) is 18.0. The molecule has 0 bridgehead atoms. The van der Waals surface area contributed by atoms with Gasteiger partial charge in [0, 0.05) is 0 Å². The monoisotopic (exact) mass is 518 g/mol. The quantitative estimate of drug-likeness (QED) is 0.379. The van der Waals surface area contributed by atoms with Crippen molar-refractivity contribution in [1.29, 1.82) is 0 Å². The van der Waals surface area contributed by atoms with Crippen LogP contribution < -0.4 is 0 Å². The van der Waals surface area contributed by atoms with E-state index in [1.165, 1.54) is 22.3 Å². The molecule has 0 aromatic heterocycles. The number of rotatable bonds is 3. The Balaban J connectivity index is 2.98. The molecule has 0 saturated carbocycles. The van der Waals surface area contributed by atoms with Gasteiger partial charge < -0.3 is 0 Å². The lowest BCUT2D eigenvalue weighted by molar-refractivity contribution is 0.506.